The normalized spacial score (nSPS) is 24.7. The minimum atomic E-state index is -0.0887. The average Bonchev–Trinajstić information content (AvgIpc) is 3.50. The van der Waals surface area contributed by atoms with Gasteiger partial charge in [-0.3, -0.25) is 0 Å². The number of allylic oxidation sites excluding steroid dienone is 2. The molecule has 1 saturated carbocycles. The van der Waals surface area contributed by atoms with Crippen LogP contribution in [0.3, 0.4) is 0 Å². The van der Waals surface area contributed by atoms with E-state index < -0.39 is 0 Å². The zero-order valence-corrected chi connectivity index (χ0v) is 28.0. The van der Waals surface area contributed by atoms with Crippen molar-refractivity contribution in [2.75, 3.05) is 7.11 Å². The maximum absolute atomic E-state index is 6.05. The van der Waals surface area contributed by atoms with E-state index in [9.17, 15) is 0 Å². The molecule has 2 aliphatic carbocycles. The average molecular weight is 587 g/mol. The van der Waals surface area contributed by atoms with Crippen molar-refractivity contribution in [3.8, 4) is 5.75 Å². The minimum absolute atomic E-state index is 0.0234. The SMILES string of the molecule is CCCCCc1cc2c(cc1C)C1=C(c3cccc[n+]3C3(CC)CCC([n+]4cccc5cccc(OC)c54)C13CC)C2(C)C. The molecule has 3 unspecified atom stereocenters. The lowest BCUT2D eigenvalue weighted by Crippen LogP contribution is -2.69. The summed E-state index contributed by atoms with van der Waals surface area (Å²) in [6.07, 6.45) is 14.2. The Balaban J connectivity index is 1.57. The van der Waals surface area contributed by atoms with Gasteiger partial charge >= 0.3 is 0 Å². The molecule has 0 saturated heterocycles. The number of nitrogens with zero attached hydrogens (tertiary/aromatic N) is 2. The first-order valence-electron chi connectivity index (χ1n) is 17.2. The molecule has 44 heavy (non-hydrogen) atoms. The predicted octanol–water partition coefficient (Wildman–Crippen LogP) is 9.22. The third kappa shape index (κ3) is 3.68. The number of hydrogen-bond donors (Lipinski definition) is 0. The number of aryl methyl sites for hydroxylation is 2. The molecule has 1 fully saturated rings. The second-order valence-electron chi connectivity index (χ2n) is 14.2. The van der Waals surface area contributed by atoms with Crippen LogP contribution in [0.2, 0.25) is 0 Å². The number of pyridine rings is 2. The largest absolute Gasteiger partial charge is 0.490 e. The van der Waals surface area contributed by atoms with Gasteiger partial charge in [-0.2, -0.15) is 9.13 Å². The molecule has 2 aromatic carbocycles. The van der Waals surface area contributed by atoms with Gasteiger partial charge in [-0.15, -0.1) is 0 Å². The van der Waals surface area contributed by atoms with Crippen LogP contribution in [0.4, 0.5) is 0 Å². The van der Waals surface area contributed by atoms with Gasteiger partial charge in [0, 0.05) is 48.4 Å². The highest BCUT2D eigenvalue weighted by Crippen LogP contribution is 2.70. The Bertz CT molecular complexity index is 1790. The van der Waals surface area contributed by atoms with Gasteiger partial charge in [-0.25, -0.2) is 0 Å². The third-order valence-electron chi connectivity index (χ3n) is 12.1. The van der Waals surface area contributed by atoms with Crippen LogP contribution in [0.5, 0.6) is 5.75 Å². The molecule has 4 aromatic rings. The van der Waals surface area contributed by atoms with Crippen LogP contribution in [0, 0.1) is 12.3 Å². The molecule has 1 aliphatic heterocycles. The Morgan fingerprint density at radius 2 is 1.70 bits per heavy atom. The molecule has 3 atom stereocenters. The molecule has 7 rings (SSSR count). The molecule has 228 valence electrons. The van der Waals surface area contributed by atoms with Crippen LogP contribution in [0.25, 0.3) is 22.0 Å². The summed E-state index contributed by atoms with van der Waals surface area (Å²) < 4.78 is 11.4. The molecular formula is C41H50N2O+2. The molecule has 0 amide bonds. The topological polar surface area (TPSA) is 17.0 Å². The molecule has 3 heterocycles. The van der Waals surface area contributed by atoms with Crippen LogP contribution in [0.1, 0.15) is 114 Å². The number of para-hydroxylation sites is 1. The van der Waals surface area contributed by atoms with Crippen molar-refractivity contribution in [1.82, 2.24) is 0 Å². The van der Waals surface area contributed by atoms with E-state index in [2.05, 4.69) is 124 Å². The number of aromatic nitrogens is 2. The molecule has 0 radical (unpaired) electrons. The molecule has 3 nitrogen and oxygen atoms in total. The van der Waals surface area contributed by atoms with E-state index >= 15 is 0 Å². The fourth-order valence-corrected chi connectivity index (χ4v) is 10.2. The van der Waals surface area contributed by atoms with Gasteiger partial charge in [0.25, 0.3) is 5.52 Å². The second-order valence-corrected chi connectivity index (χ2v) is 14.2. The third-order valence-corrected chi connectivity index (χ3v) is 12.1. The second kappa shape index (κ2) is 10.6. The number of fused-ring (bicyclic) bond motifs is 8. The van der Waals surface area contributed by atoms with E-state index in [4.69, 9.17) is 4.74 Å². The number of unbranched alkanes of at least 4 members (excludes halogenated alkanes) is 2. The van der Waals surface area contributed by atoms with Gasteiger partial charge in [0.15, 0.2) is 29.7 Å². The fourth-order valence-electron chi connectivity index (χ4n) is 10.2. The maximum atomic E-state index is 6.05. The summed E-state index contributed by atoms with van der Waals surface area (Å²) >= 11 is 0. The van der Waals surface area contributed by atoms with Crippen molar-refractivity contribution < 1.29 is 13.9 Å². The zero-order chi connectivity index (χ0) is 30.9. The Hall–Kier alpha value is -3.46. The molecule has 2 aromatic heterocycles. The lowest BCUT2D eigenvalue weighted by molar-refractivity contribution is -0.793. The first kappa shape index (κ1) is 29.3. The Morgan fingerprint density at radius 1 is 0.886 bits per heavy atom. The molecule has 0 spiro atoms. The lowest BCUT2D eigenvalue weighted by atomic mass is 9.57. The molecule has 0 N–H and O–H groups in total. The fraction of sp³-hybridized carbons (Fsp3) is 0.463. The predicted molar refractivity (Wildman–Crippen MR) is 181 cm³/mol. The minimum Gasteiger partial charge on any atom is -0.490 e. The summed E-state index contributed by atoms with van der Waals surface area (Å²) in [6, 6.07) is 23.4. The van der Waals surface area contributed by atoms with Crippen molar-refractivity contribution in [2.24, 2.45) is 5.41 Å². The van der Waals surface area contributed by atoms with Crippen molar-refractivity contribution in [1.29, 1.82) is 0 Å². The van der Waals surface area contributed by atoms with E-state index in [1.807, 2.05) is 7.11 Å². The Kier molecular flexibility index (Phi) is 7.03. The van der Waals surface area contributed by atoms with Crippen LogP contribution in [-0.2, 0) is 17.4 Å². The quantitative estimate of drug-likeness (QED) is 0.149. The van der Waals surface area contributed by atoms with Crippen molar-refractivity contribution in [2.45, 2.75) is 110 Å². The van der Waals surface area contributed by atoms with Gasteiger partial charge in [-0.1, -0.05) is 65.7 Å². The number of methoxy groups -OCH3 is 1. The van der Waals surface area contributed by atoms with Crippen LogP contribution < -0.4 is 13.9 Å². The summed E-state index contributed by atoms with van der Waals surface area (Å²) in [5.74, 6) is 0.959. The standard InChI is InChI=1S/C41H50N2O/c1-8-11-12-17-30-27-32-31(26-28(30)4)36-37(39(32,5)6)33-20-13-14-25-43(33)40(9-2)23-22-35(41(36,40)10-3)42-24-16-19-29-18-15-21-34(44-7)38(29)42/h13-16,18-21,24-27,35H,8-12,17,22-23H2,1-7H3/q+2. The Labute approximate surface area is 264 Å². The van der Waals surface area contributed by atoms with E-state index in [0.29, 0.717) is 6.04 Å². The van der Waals surface area contributed by atoms with E-state index in [-0.39, 0.29) is 16.4 Å². The summed E-state index contributed by atoms with van der Waals surface area (Å²) in [5.41, 5.74) is 11.6. The summed E-state index contributed by atoms with van der Waals surface area (Å²) in [6.45, 7) is 14.6. The summed E-state index contributed by atoms with van der Waals surface area (Å²) in [7, 11) is 1.82. The number of benzene rings is 2. The van der Waals surface area contributed by atoms with Crippen LogP contribution in [0.15, 0.2) is 73.1 Å². The van der Waals surface area contributed by atoms with Crippen LogP contribution >= 0.6 is 0 Å². The van der Waals surface area contributed by atoms with Crippen molar-refractivity contribution >= 4 is 22.0 Å². The molecule has 3 heteroatoms. The molecule has 0 bridgehead atoms. The van der Waals surface area contributed by atoms with Gasteiger partial charge < -0.3 is 4.74 Å². The number of rotatable bonds is 8. The summed E-state index contributed by atoms with van der Waals surface area (Å²) in [4.78, 5) is 0. The zero-order valence-electron chi connectivity index (χ0n) is 28.0. The first-order chi connectivity index (χ1) is 21.3. The van der Waals surface area contributed by atoms with Gasteiger partial charge in [0.2, 0.25) is 5.69 Å². The van der Waals surface area contributed by atoms with E-state index in [0.717, 1.165) is 31.4 Å². The smallest absolute Gasteiger partial charge is 0.255 e. The maximum Gasteiger partial charge on any atom is 0.255 e. The lowest BCUT2D eigenvalue weighted by Gasteiger charge is -2.47. The van der Waals surface area contributed by atoms with Gasteiger partial charge in [0.05, 0.1) is 12.5 Å². The monoisotopic (exact) mass is 586 g/mol. The molecular weight excluding hydrogens is 536 g/mol. The highest BCUT2D eigenvalue weighted by atomic mass is 16.5. The first-order valence-corrected chi connectivity index (χ1v) is 17.2. The van der Waals surface area contributed by atoms with Gasteiger partial charge in [0.1, 0.15) is 5.41 Å². The van der Waals surface area contributed by atoms with Crippen molar-refractivity contribution in [3.05, 3.63) is 101 Å². The highest BCUT2D eigenvalue weighted by Gasteiger charge is 2.74. The van der Waals surface area contributed by atoms with E-state index in [1.54, 1.807) is 11.1 Å². The molecule has 3 aliphatic rings. The van der Waals surface area contributed by atoms with E-state index in [1.165, 1.54) is 64.5 Å². The number of hydrogen-bond acceptors (Lipinski definition) is 1. The Morgan fingerprint density at radius 3 is 2.45 bits per heavy atom. The van der Waals surface area contributed by atoms with Gasteiger partial charge in [-0.05, 0) is 78.3 Å². The number of ether oxygens (including phenoxy) is 1. The van der Waals surface area contributed by atoms with Crippen molar-refractivity contribution in [3.63, 3.8) is 0 Å². The summed E-state index contributed by atoms with van der Waals surface area (Å²) in [5, 5.41) is 1.24. The van der Waals surface area contributed by atoms with Crippen LogP contribution in [-0.4, -0.2) is 7.11 Å². The highest BCUT2D eigenvalue weighted by molar-refractivity contribution is 6.03.